The third kappa shape index (κ3) is 6.64. The topological polar surface area (TPSA) is 30.5 Å². The fourth-order valence-electron chi connectivity index (χ4n) is 2.80. The summed E-state index contributed by atoms with van der Waals surface area (Å²) in [6, 6.07) is 3.88. The fraction of sp³-hybridized carbons (Fsp3) is 0.647. The van der Waals surface area contributed by atoms with Gasteiger partial charge in [0.25, 0.3) is 0 Å². The minimum atomic E-state index is 0. The lowest BCUT2D eigenvalue weighted by Crippen LogP contribution is -2.41. The second-order valence-corrected chi connectivity index (χ2v) is 7.70. The van der Waals surface area contributed by atoms with Crippen molar-refractivity contribution < 1.29 is 9.47 Å². The number of rotatable bonds is 6. The number of nitrogens with one attached hydrogen (secondary N) is 1. The van der Waals surface area contributed by atoms with Gasteiger partial charge in [-0.2, -0.15) is 0 Å². The highest BCUT2D eigenvalue weighted by Gasteiger charge is 2.25. The predicted molar refractivity (Wildman–Crippen MR) is 96.8 cm³/mol. The molecule has 0 aliphatic carbocycles. The van der Waals surface area contributed by atoms with Crippen molar-refractivity contribution in [3.63, 3.8) is 0 Å². The Balaban J connectivity index is 0.00000441. The Bertz CT molecular complexity index is 482. The van der Waals surface area contributed by atoms with Gasteiger partial charge in [-0.05, 0) is 43.4 Å². The molecule has 0 aromatic heterocycles. The van der Waals surface area contributed by atoms with Gasteiger partial charge in [0.1, 0.15) is 0 Å². The molecule has 0 atom stereocenters. The lowest BCUT2D eigenvalue weighted by atomic mass is 9.82. The Morgan fingerprint density at radius 2 is 1.64 bits per heavy atom. The van der Waals surface area contributed by atoms with Gasteiger partial charge < -0.3 is 14.8 Å². The maximum absolute atomic E-state index is 6.24. The second kappa shape index (κ2) is 8.28. The molecule has 0 amide bonds. The van der Waals surface area contributed by atoms with Crippen molar-refractivity contribution in [2.45, 2.75) is 53.1 Å². The van der Waals surface area contributed by atoms with Crippen LogP contribution in [0.2, 0.25) is 5.02 Å². The molecular formula is C17H29Cl2NO2. The van der Waals surface area contributed by atoms with E-state index in [1.54, 1.807) is 14.2 Å². The summed E-state index contributed by atoms with van der Waals surface area (Å²) < 4.78 is 10.6. The first-order chi connectivity index (χ1) is 9.58. The number of halogens is 2. The summed E-state index contributed by atoms with van der Waals surface area (Å²) in [6.45, 7) is 11.9. The Morgan fingerprint density at radius 3 is 2.09 bits per heavy atom. The van der Waals surface area contributed by atoms with E-state index in [9.17, 15) is 0 Å². The van der Waals surface area contributed by atoms with E-state index < -0.39 is 0 Å². The third-order valence-electron chi connectivity index (χ3n) is 3.24. The van der Waals surface area contributed by atoms with Crippen molar-refractivity contribution in [1.82, 2.24) is 5.32 Å². The van der Waals surface area contributed by atoms with Gasteiger partial charge in [0.15, 0.2) is 11.5 Å². The number of hydrogen-bond acceptors (Lipinski definition) is 3. The molecule has 0 aliphatic heterocycles. The van der Waals surface area contributed by atoms with Gasteiger partial charge >= 0.3 is 0 Å². The number of benzene rings is 1. The van der Waals surface area contributed by atoms with Gasteiger partial charge in [0.05, 0.1) is 19.2 Å². The highest BCUT2D eigenvalue weighted by molar-refractivity contribution is 6.32. The van der Waals surface area contributed by atoms with E-state index in [0.717, 1.165) is 18.5 Å². The summed E-state index contributed by atoms with van der Waals surface area (Å²) in [7, 11) is 3.21. The average Bonchev–Trinajstić information content (AvgIpc) is 2.32. The first-order valence-corrected chi connectivity index (χ1v) is 7.61. The maximum Gasteiger partial charge on any atom is 0.179 e. The van der Waals surface area contributed by atoms with E-state index in [0.29, 0.717) is 16.5 Å². The molecule has 0 heterocycles. The van der Waals surface area contributed by atoms with Crippen molar-refractivity contribution in [3.05, 3.63) is 22.7 Å². The summed E-state index contributed by atoms with van der Waals surface area (Å²) in [6.07, 6.45) is 1.08. The van der Waals surface area contributed by atoms with Gasteiger partial charge in [-0.25, -0.2) is 0 Å². The van der Waals surface area contributed by atoms with Crippen LogP contribution in [0, 0.1) is 5.41 Å². The predicted octanol–water partition coefficient (Wildman–Crippen LogP) is 5.08. The SMILES string of the molecule is COc1cc(CNC(C)(C)CC(C)(C)C)cc(Cl)c1OC.Cl. The minimum absolute atomic E-state index is 0. The summed E-state index contributed by atoms with van der Waals surface area (Å²) in [5.41, 5.74) is 1.42. The Hall–Kier alpha value is -0.640. The summed E-state index contributed by atoms with van der Waals surface area (Å²) in [5.74, 6) is 1.24. The largest absolute Gasteiger partial charge is 0.493 e. The van der Waals surface area contributed by atoms with Crippen molar-refractivity contribution in [1.29, 1.82) is 0 Å². The second-order valence-electron chi connectivity index (χ2n) is 7.29. The van der Waals surface area contributed by atoms with E-state index in [2.05, 4.69) is 39.9 Å². The van der Waals surface area contributed by atoms with Crippen LogP contribution in [0.15, 0.2) is 12.1 Å². The fourth-order valence-corrected chi connectivity index (χ4v) is 3.11. The molecule has 1 aromatic carbocycles. The molecule has 0 radical (unpaired) electrons. The first-order valence-electron chi connectivity index (χ1n) is 7.23. The third-order valence-corrected chi connectivity index (χ3v) is 3.52. The Labute approximate surface area is 146 Å². The molecule has 128 valence electrons. The molecule has 0 bridgehead atoms. The highest BCUT2D eigenvalue weighted by atomic mass is 35.5. The minimum Gasteiger partial charge on any atom is -0.493 e. The lowest BCUT2D eigenvalue weighted by Gasteiger charge is -2.33. The van der Waals surface area contributed by atoms with Crippen LogP contribution in [0.4, 0.5) is 0 Å². The number of ether oxygens (including phenoxy) is 2. The summed E-state index contributed by atoms with van der Waals surface area (Å²) in [4.78, 5) is 0. The van der Waals surface area contributed by atoms with Crippen LogP contribution in [0.3, 0.4) is 0 Å². The van der Waals surface area contributed by atoms with Crippen LogP contribution in [-0.2, 0) is 6.54 Å². The molecule has 0 saturated heterocycles. The molecule has 0 aliphatic rings. The molecular weight excluding hydrogens is 321 g/mol. The van der Waals surface area contributed by atoms with Crippen LogP contribution >= 0.6 is 24.0 Å². The Kier molecular flexibility index (Phi) is 8.04. The molecule has 0 spiro atoms. The number of hydrogen-bond donors (Lipinski definition) is 1. The molecule has 1 rings (SSSR count). The Morgan fingerprint density at radius 1 is 1.05 bits per heavy atom. The van der Waals surface area contributed by atoms with Gasteiger partial charge in [-0.15, -0.1) is 12.4 Å². The normalized spacial score (nSPS) is 11.8. The van der Waals surface area contributed by atoms with Gasteiger partial charge in [0.2, 0.25) is 0 Å². The van der Waals surface area contributed by atoms with Crippen molar-refractivity contribution in [2.75, 3.05) is 14.2 Å². The molecule has 3 nitrogen and oxygen atoms in total. The van der Waals surface area contributed by atoms with Crippen LogP contribution in [0.1, 0.15) is 46.6 Å². The van der Waals surface area contributed by atoms with Crippen molar-refractivity contribution in [3.8, 4) is 11.5 Å². The van der Waals surface area contributed by atoms with Gasteiger partial charge in [-0.3, -0.25) is 0 Å². The zero-order valence-corrected chi connectivity index (χ0v) is 16.2. The molecule has 22 heavy (non-hydrogen) atoms. The van der Waals surface area contributed by atoms with E-state index in [-0.39, 0.29) is 23.4 Å². The highest BCUT2D eigenvalue weighted by Crippen LogP contribution is 2.36. The average molecular weight is 350 g/mol. The smallest absolute Gasteiger partial charge is 0.179 e. The monoisotopic (exact) mass is 349 g/mol. The molecule has 0 saturated carbocycles. The van der Waals surface area contributed by atoms with Crippen LogP contribution in [0.25, 0.3) is 0 Å². The lowest BCUT2D eigenvalue weighted by molar-refractivity contribution is 0.240. The van der Waals surface area contributed by atoms with E-state index in [4.69, 9.17) is 21.1 Å². The summed E-state index contributed by atoms with van der Waals surface area (Å²) in [5, 5.41) is 4.16. The van der Waals surface area contributed by atoms with Crippen LogP contribution < -0.4 is 14.8 Å². The van der Waals surface area contributed by atoms with Crippen molar-refractivity contribution in [2.24, 2.45) is 5.41 Å². The molecule has 1 aromatic rings. The van der Waals surface area contributed by atoms with Gasteiger partial charge in [-0.1, -0.05) is 32.4 Å². The standard InChI is InChI=1S/C17H28ClNO2.ClH/c1-16(2,3)11-17(4,5)19-10-12-8-13(18)15(21-7)14(9-12)20-6;/h8-9,19H,10-11H2,1-7H3;1H. The summed E-state index contributed by atoms with van der Waals surface area (Å²) >= 11 is 6.24. The maximum atomic E-state index is 6.24. The number of methoxy groups -OCH3 is 2. The van der Waals surface area contributed by atoms with Crippen LogP contribution in [0.5, 0.6) is 11.5 Å². The molecule has 0 unspecified atom stereocenters. The molecule has 1 N–H and O–H groups in total. The zero-order valence-electron chi connectivity index (χ0n) is 14.7. The van der Waals surface area contributed by atoms with E-state index in [1.165, 1.54) is 0 Å². The quantitative estimate of drug-likeness (QED) is 0.776. The van der Waals surface area contributed by atoms with Crippen molar-refractivity contribution >= 4 is 24.0 Å². The molecule has 0 fully saturated rings. The van der Waals surface area contributed by atoms with E-state index >= 15 is 0 Å². The first kappa shape index (κ1) is 21.4. The van der Waals surface area contributed by atoms with E-state index in [1.807, 2.05) is 12.1 Å². The van der Waals surface area contributed by atoms with Gasteiger partial charge in [0, 0.05) is 12.1 Å². The molecule has 5 heteroatoms. The zero-order chi connectivity index (χ0) is 16.3. The van der Waals surface area contributed by atoms with Crippen LogP contribution in [-0.4, -0.2) is 19.8 Å².